The molecule has 28 heavy (non-hydrogen) atoms. The van der Waals surface area contributed by atoms with Crippen LogP contribution in [0.3, 0.4) is 0 Å². The molecule has 1 saturated carbocycles. The topological polar surface area (TPSA) is 76.6 Å². The molecule has 1 aliphatic carbocycles. The number of hydrogen-bond acceptors (Lipinski definition) is 5. The molecule has 0 atom stereocenters. The monoisotopic (exact) mass is 371 g/mol. The SMILES string of the molecule is c1ccc2[nH]c(-c3ccc(-c4cnc(OC5CCCCC5)nc4)nc3)nc2c1. The van der Waals surface area contributed by atoms with Crippen LogP contribution in [0.5, 0.6) is 6.01 Å². The predicted octanol–water partition coefficient (Wildman–Crippen LogP) is 4.79. The molecule has 0 unspecified atom stereocenters. The molecule has 0 bridgehead atoms. The number of benzene rings is 1. The molecule has 4 aromatic rings. The summed E-state index contributed by atoms with van der Waals surface area (Å²) in [6, 6.07) is 12.4. The normalized spacial score (nSPS) is 15.0. The zero-order chi connectivity index (χ0) is 18.8. The highest BCUT2D eigenvalue weighted by Gasteiger charge is 2.16. The molecule has 0 saturated heterocycles. The number of pyridine rings is 1. The summed E-state index contributed by atoms with van der Waals surface area (Å²) in [6.45, 7) is 0. The van der Waals surface area contributed by atoms with Crippen molar-refractivity contribution in [3.63, 3.8) is 0 Å². The average Bonchev–Trinajstić information content (AvgIpc) is 3.20. The van der Waals surface area contributed by atoms with Crippen molar-refractivity contribution in [2.45, 2.75) is 38.2 Å². The highest BCUT2D eigenvalue weighted by molar-refractivity contribution is 5.79. The van der Waals surface area contributed by atoms with Crippen LogP contribution < -0.4 is 4.74 Å². The molecule has 6 heteroatoms. The molecule has 0 amide bonds. The molecule has 1 fully saturated rings. The number of ether oxygens (including phenoxy) is 1. The Bertz CT molecular complexity index is 1030. The van der Waals surface area contributed by atoms with Crippen molar-refractivity contribution in [1.82, 2.24) is 24.9 Å². The number of fused-ring (bicyclic) bond motifs is 1. The fourth-order valence-corrected chi connectivity index (χ4v) is 3.64. The molecule has 1 N–H and O–H groups in total. The van der Waals surface area contributed by atoms with E-state index < -0.39 is 0 Å². The van der Waals surface area contributed by atoms with Crippen LogP contribution in [-0.4, -0.2) is 31.0 Å². The summed E-state index contributed by atoms with van der Waals surface area (Å²) in [6.07, 6.45) is 11.6. The summed E-state index contributed by atoms with van der Waals surface area (Å²) in [5.41, 5.74) is 4.60. The van der Waals surface area contributed by atoms with E-state index in [9.17, 15) is 0 Å². The van der Waals surface area contributed by atoms with Crippen molar-refractivity contribution in [1.29, 1.82) is 0 Å². The largest absolute Gasteiger partial charge is 0.460 e. The fourth-order valence-electron chi connectivity index (χ4n) is 3.64. The first-order valence-corrected chi connectivity index (χ1v) is 9.75. The maximum atomic E-state index is 5.90. The molecule has 5 rings (SSSR count). The second-order valence-electron chi connectivity index (χ2n) is 7.17. The molecular formula is C22H21N5O. The highest BCUT2D eigenvalue weighted by Crippen LogP contribution is 2.24. The molecular weight excluding hydrogens is 350 g/mol. The third-order valence-corrected chi connectivity index (χ3v) is 5.17. The molecule has 140 valence electrons. The van der Waals surface area contributed by atoms with Gasteiger partial charge in [0.1, 0.15) is 11.9 Å². The van der Waals surface area contributed by atoms with E-state index in [0.29, 0.717) is 6.01 Å². The van der Waals surface area contributed by atoms with Crippen LogP contribution in [0.1, 0.15) is 32.1 Å². The standard InChI is InChI=1S/C22H21N5O/c1-2-6-17(7-3-1)28-22-24-13-16(14-25-22)18-11-10-15(12-23-18)21-26-19-8-4-5-9-20(19)27-21/h4-5,8-14,17H,1-3,6-7H2,(H,26,27). The zero-order valence-electron chi connectivity index (χ0n) is 15.5. The minimum Gasteiger partial charge on any atom is -0.460 e. The number of rotatable bonds is 4. The lowest BCUT2D eigenvalue weighted by atomic mass is 9.98. The van der Waals surface area contributed by atoms with Gasteiger partial charge < -0.3 is 9.72 Å². The Morgan fingerprint density at radius 1 is 0.821 bits per heavy atom. The van der Waals surface area contributed by atoms with Crippen LogP contribution in [0.2, 0.25) is 0 Å². The minimum absolute atomic E-state index is 0.251. The first kappa shape index (κ1) is 16.9. The van der Waals surface area contributed by atoms with Gasteiger partial charge >= 0.3 is 6.01 Å². The highest BCUT2D eigenvalue weighted by atomic mass is 16.5. The molecule has 0 aliphatic heterocycles. The van der Waals surface area contributed by atoms with Gasteiger partial charge in [-0.3, -0.25) is 4.98 Å². The van der Waals surface area contributed by atoms with E-state index in [0.717, 1.165) is 46.5 Å². The first-order chi connectivity index (χ1) is 13.8. The Hall–Kier alpha value is -3.28. The van der Waals surface area contributed by atoms with Crippen molar-refractivity contribution >= 4 is 11.0 Å². The Morgan fingerprint density at radius 3 is 2.36 bits per heavy atom. The lowest BCUT2D eigenvalue weighted by molar-refractivity contribution is 0.142. The van der Waals surface area contributed by atoms with Gasteiger partial charge in [-0.15, -0.1) is 0 Å². The minimum atomic E-state index is 0.251. The number of H-pyrrole nitrogens is 1. The second-order valence-corrected chi connectivity index (χ2v) is 7.17. The van der Waals surface area contributed by atoms with Gasteiger partial charge in [0, 0.05) is 29.7 Å². The summed E-state index contributed by atoms with van der Waals surface area (Å²) in [5, 5.41) is 0. The molecule has 0 radical (unpaired) electrons. The fraction of sp³-hybridized carbons (Fsp3) is 0.273. The van der Waals surface area contributed by atoms with E-state index in [1.54, 1.807) is 12.4 Å². The third kappa shape index (κ3) is 3.45. The number of aromatic nitrogens is 5. The van der Waals surface area contributed by atoms with Crippen LogP contribution in [0.25, 0.3) is 33.7 Å². The number of hydrogen-bond donors (Lipinski definition) is 1. The Labute approximate surface area is 163 Å². The number of aromatic amines is 1. The molecule has 1 aromatic carbocycles. The van der Waals surface area contributed by atoms with Crippen LogP contribution in [0.15, 0.2) is 55.0 Å². The van der Waals surface area contributed by atoms with Crippen LogP contribution in [0, 0.1) is 0 Å². The number of imidazole rings is 1. The number of para-hydroxylation sites is 2. The van der Waals surface area contributed by atoms with Crippen molar-refractivity contribution in [2.24, 2.45) is 0 Å². The third-order valence-electron chi connectivity index (χ3n) is 5.17. The summed E-state index contributed by atoms with van der Waals surface area (Å²) >= 11 is 0. The van der Waals surface area contributed by atoms with E-state index >= 15 is 0 Å². The van der Waals surface area contributed by atoms with Gasteiger partial charge in [-0.1, -0.05) is 18.6 Å². The van der Waals surface area contributed by atoms with Crippen LogP contribution >= 0.6 is 0 Å². The van der Waals surface area contributed by atoms with Gasteiger partial charge in [-0.05, 0) is 49.9 Å². The van der Waals surface area contributed by atoms with E-state index in [2.05, 4.69) is 24.9 Å². The molecule has 0 spiro atoms. The van der Waals surface area contributed by atoms with E-state index in [1.165, 1.54) is 19.3 Å². The van der Waals surface area contributed by atoms with Gasteiger partial charge in [0.2, 0.25) is 0 Å². The van der Waals surface area contributed by atoms with Crippen LogP contribution in [0.4, 0.5) is 0 Å². The Kier molecular flexibility index (Phi) is 4.45. The number of nitrogens with zero attached hydrogens (tertiary/aromatic N) is 4. The molecule has 3 aromatic heterocycles. The van der Waals surface area contributed by atoms with Crippen molar-refractivity contribution in [3.05, 3.63) is 55.0 Å². The van der Waals surface area contributed by atoms with E-state index in [4.69, 9.17) is 4.74 Å². The summed E-state index contributed by atoms with van der Waals surface area (Å²) in [5.74, 6) is 0.813. The molecule has 1 aliphatic rings. The van der Waals surface area contributed by atoms with Crippen molar-refractivity contribution in [2.75, 3.05) is 0 Å². The van der Waals surface area contributed by atoms with Gasteiger partial charge in [-0.25, -0.2) is 15.0 Å². The summed E-state index contributed by atoms with van der Waals surface area (Å²) < 4.78 is 5.90. The predicted molar refractivity (Wildman–Crippen MR) is 108 cm³/mol. The smallest absolute Gasteiger partial charge is 0.316 e. The second kappa shape index (κ2) is 7.38. The van der Waals surface area contributed by atoms with Gasteiger partial charge in [-0.2, -0.15) is 0 Å². The molecule has 6 nitrogen and oxygen atoms in total. The molecule has 3 heterocycles. The summed E-state index contributed by atoms with van der Waals surface area (Å²) in [7, 11) is 0. The van der Waals surface area contributed by atoms with Gasteiger partial charge in [0.25, 0.3) is 0 Å². The quantitative estimate of drug-likeness (QED) is 0.558. The van der Waals surface area contributed by atoms with Crippen molar-refractivity contribution < 1.29 is 4.74 Å². The first-order valence-electron chi connectivity index (χ1n) is 9.75. The lowest BCUT2D eigenvalue weighted by Crippen LogP contribution is -2.20. The summed E-state index contributed by atoms with van der Waals surface area (Å²) in [4.78, 5) is 21.2. The van der Waals surface area contributed by atoms with Crippen LogP contribution in [-0.2, 0) is 0 Å². The Balaban J connectivity index is 1.32. The van der Waals surface area contributed by atoms with Gasteiger partial charge in [0.15, 0.2) is 0 Å². The van der Waals surface area contributed by atoms with E-state index in [-0.39, 0.29) is 6.10 Å². The lowest BCUT2D eigenvalue weighted by Gasteiger charge is -2.21. The van der Waals surface area contributed by atoms with E-state index in [1.807, 2.05) is 42.6 Å². The maximum Gasteiger partial charge on any atom is 0.316 e. The average molecular weight is 371 g/mol. The zero-order valence-corrected chi connectivity index (χ0v) is 15.5. The number of nitrogens with one attached hydrogen (secondary N) is 1. The van der Waals surface area contributed by atoms with Gasteiger partial charge in [0.05, 0.1) is 16.7 Å². The maximum absolute atomic E-state index is 5.90. The van der Waals surface area contributed by atoms with Crippen molar-refractivity contribution in [3.8, 4) is 28.7 Å². The Morgan fingerprint density at radius 2 is 1.61 bits per heavy atom.